The predicted molar refractivity (Wildman–Crippen MR) is 70.4 cm³/mol. The van der Waals surface area contributed by atoms with E-state index in [9.17, 15) is 0 Å². The Labute approximate surface area is 111 Å². The normalized spacial score (nSPS) is 10.4. The molecule has 1 aromatic heterocycles. The summed E-state index contributed by atoms with van der Waals surface area (Å²) in [7, 11) is 0. The van der Waals surface area contributed by atoms with Gasteiger partial charge in [0, 0.05) is 17.3 Å². The average Bonchev–Trinajstić information content (AvgIpc) is 2.37. The summed E-state index contributed by atoms with van der Waals surface area (Å²) in [5.74, 6) is 0. The first kappa shape index (κ1) is 12.8. The summed E-state index contributed by atoms with van der Waals surface area (Å²) < 4.78 is 5.53. The molecule has 0 radical (unpaired) electrons. The van der Waals surface area contributed by atoms with Gasteiger partial charge in [-0.3, -0.25) is 0 Å². The van der Waals surface area contributed by atoms with Crippen LogP contribution in [0, 0.1) is 6.92 Å². The van der Waals surface area contributed by atoms with E-state index < -0.39 is 0 Å². The first-order valence-electron chi connectivity index (χ1n) is 5.59. The van der Waals surface area contributed by atoms with E-state index in [1.54, 1.807) is 0 Å². The highest BCUT2D eigenvalue weighted by Crippen LogP contribution is 2.12. The van der Waals surface area contributed by atoms with Gasteiger partial charge in [-0.05, 0) is 30.7 Å². The maximum atomic E-state index is 5.81. The van der Waals surface area contributed by atoms with Crippen molar-refractivity contribution in [3.63, 3.8) is 0 Å². The van der Waals surface area contributed by atoms with Crippen LogP contribution in [0.2, 0.25) is 5.02 Å². The van der Waals surface area contributed by atoms with Gasteiger partial charge < -0.3 is 10.5 Å². The lowest BCUT2D eigenvalue weighted by atomic mass is 10.2. The van der Waals surface area contributed by atoms with Crippen molar-refractivity contribution in [1.82, 2.24) is 9.97 Å². The second-order valence-corrected chi connectivity index (χ2v) is 4.34. The Morgan fingerprint density at radius 3 is 2.61 bits per heavy atom. The van der Waals surface area contributed by atoms with Crippen LogP contribution in [-0.2, 0) is 13.2 Å². The number of halogens is 1. The van der Waals surface area contributed by atoms with Crippen LogP contribution in [0.25, 0.3) is 0 Å². The molecule has 0 atom stereocenters. The fourth-order valence-electron chi connectivity index (χ4n) is 1.50. The number of hydrogen-bond donors (Lipinski definition) is 1. The molecule has 2 rings (SSSR count). The van der Waals surface area contributed by atoms with E-state index in [1.165, 1.54) is 0 Å². The maximum Gasteiger partial charge on any atom is 0.317 e. The van der Waals surface area contributed by atoms with Crippen molar-refractivity contribution in [2.24, 2.45) is 5.73 Å². The SMILES string of the molecule is Cc1cc(CN)nc(OCc2ccc(Cl)cc2)n1. The molecule has 0 saturated heterocycles. The molecule has 0 spiro atoms. The molecular formula is C13H14ClN3O. The monoisotopic (exact) mass is 263 g/mol. The summed E-state index contributed by atoms with van der Waals surface area (Å²) >= 11 is 5.81. The van der Waals surface area contributed by atoms with Gasteiger partial charge in [-0.25, -0.2) is 4.98 Å². The number of benzene rings is 1. The smallest absolute Gasteiger partial charge is 0.317 e. The van der Waals surface area contributed by atoms with Gasteiger partial charge in [0.2, 0.25) is 0 Å². The molecule has 2 aromatic rings. The zero-order valence-corrected chi connectivity index (χ0v) is 10.8. The van der Waals surface area contributed by atoms with Crippen LogP contribution in [0.15, 0.2) is 30.3 Å². The van der Waals surface area contributed by atoms with E-state index in [-0.39, 0.29) is 0 Å². The Balaban J connectivity index is 2.05. The Kier molecular flexibility index (Phi) is 4.12. The van der Waals surface area contributed by atoms with Crippen LogP contribution >= 0.6 is 11.6 Å². The van der Waals surface area contributed by atoms with Crippen LogP contribution in [-0.4, -0.2) is 9.97 Å². The van der Waals surface area contributed by atoms with Crippen molar-refractivity contribution in [1.29, 1.82) is 0 Å². The van der Waals surface area contributed by atoms with E-state index in [0.717, 1.165) is 17.0 Å². The van der Waals surface area contributed by atoms with Crippen LogP contribution in [0.1, 0.15) is 17.0 Å². The Bertz CT molecular complexity index is 528. The number of hydrogen-bond acceptors (Lipinski definition) is 4. The van der Waals surface area contributed by atoms with E-state index in [1.807, 2.05) is 37.3 Å². The highest BCUT2D eigenvalue weighted by Gasteiger charge is 2.03. The Hall–Kier alpha value is -1.65. The largest absolute Gasteiger partial charge is 0.459 e. The highest BCUT2D eigenvalue weighted by atomic mass is 35.5. The molecule has 5 heteroatoms. The van der Waals surface area contributed by atoms with Gasteiger partial charge in [-0.1, -0.05) is 23.7 Å². The van der Waals surface area contributed by atoms with Crippen molar-refractivity contribution >= 4 is 11.6 Å². The molecular weight excluding hydrogens is 250 g/mol. The first-order valence-corrected chi connectivity index (χ1v) is 5.97. The fraction of sp³-hybridized carbons (Fsp3) is 0.231. The number of rotatable bonds is 4. The maximum absolute atomic E-state index is 5.81. The van der Waals surface area contributed by atoms with Crippen molar-refractivity contribution in [2.75, 3.05) is 0 Å². The lowest BCUT2D eigenvalue weighted by molar-refractivity contribution is 0.279. The van der Waals surface area contributed by atoms with Gasteiger partial charge in [0.1, 0.15) is 6.61 Å². The molecule has 1 aromatic carbocycles. The van der Waals surface area contributed by atoms with Gasteiger partial charge in [0.15, 0.2) is 0 Å². The fourth-order valence-corrected chi connectivity index (χ4v) is 1.63. The van der Waals surface area contributed by atoms with E-state index in [0.29, 0.717) is 24.2 Å². The molecule has 0 bridgehead atoms. The third kappa shape index (κ3) is 3.42. The van der Waals surface area contributed by atoms with E-state index in [2.05, 4.69) is 9.97 Å². The number of ether oxygens (including phenoxy) is 1. The number of aromatic nitrogens is 2. The second kappa shape index (κ2) is 5.80. The minimum absolute atomic E-state index is 0.352. The van der Waals surface area contributed by atoms with Gasteiger partial charge in [0.25, 0.3) is 0 Å². The van der Waals surface area contributed by atoms with E-state index in [4.69, 9.17) is 22.1 Å². The summed E-state index contributed by atoms with van der Waals surface area (Å²) in [6, 6.07) is 9.65. The van der Waals surface area contributed by atoms with Crippen LogP contribution in [0.4, 0.5) is 0 Å². The highest BCUT2D eigenvalue weighted by molar-refractivity contribution is 6.30. The van der Waals surface area contributed by atoms with Crippen LogP contribution < -0.4 is 10.5 Å². The van der Waals surface area contributed by atoms with Crippen molar-refractivity contribution in [3.05, 3.63) is 52.3 Å². The quantitative estimate of drug-likeness (QED) is 0.921. The topological polar surface area (TPSA) is 61.0 Å². The molecule has 1 heterocycles. The molecule has 0 amide bonds. The van der Waals surface area contributed by atoms with Crippen molar-refractivity contribution in [3.8, 4) is 6.01 Å². The number of nitrogens with two attached hydrogens (primary N) is 1. The third-order valence-corrected chi connectivity index (χ3v) is 2.63. The average molecular weight is 264 g/mol. The predicted octanol–water partition coefficient (Wildman–Crippen LogP) is 2.48. The Morgan fingerprint density at radius 2 is 1.94 bits per heavy atom. The first-order chi connectivity index (χ1) is 8.67. The lowest BCUT2D eigenvalue weighted by Crippen LogP contribution is -2.05. The van der Waals surface area contributed by atoms with E-state index >= 15 is 0 Å². The molecule has 94 valence electrons. The summed E-state index contributed by atoms with van der Waals surface area (Å²) in [5, 5.41) is 0.705. The van der Waals surface area contributed by atoms with Gasteiger partial charge in [0.05, 0.1) is 5.69 Å². The van der Waals surface area contributed by atoms with Gasteiger partial charge >= 0.3 is 6.01 Å². The van der Waals surface area contributed by atoms with Gasteiger partial charge in [-0.2, -0.15) is 4.98 Å². The molecule has 0 aliphatic rings. The third-order valence-electron chi connectivity index (χ3n) is 2.38. The zero-order chi connectivity index (χ0) is 13.0. The van der Waals surface area contributed by atoms with Crippen molar-refractivity contribution < 1.29 is 4.74 Å². The standard InChI is InChI=1S/C13H14ClN3O/c1-9-6-12(7-15)17-13(16-9)18-8-10-2-4-11(14)5-3-10/h2-6H,7-8,15H2,1H3. The molecule has 2 N–H and O–H groups in total. The number of aryl methyl sites for hydroxylation is 1. The summed E-state index contributed by atoms with van der Waals surface area (Å²) in [5.41, 5.74) is 8.18. The molecule has 0 saturated carbocycles. The van der Waals surface area contributed by atoms with Crippen LogP contribution in [0.5, 0.6) is 6.01 Å². The molecule has 4 nitrogen and oxygen atoms in total. The summed E-state index contributed by atoms with van der Waals surface area (Å²) in [6.07, 6.45) is 0. The molecule has 0 aliphatic carbocycles. The second-order valence-electron chi connectivity index (χ2n) is 3.90. The molecule has 0 unspecified atom stereocenters. The zero-order valence-electron chi connectivity index (χ0n) is 10.1. The number of nitrogens with zero attached hydrogens (tertiary/aromatic N) is 2. The summed E-state index contributed by atoms with van der Waals surface area (Å²) in [4.78, 5) is 8.40. The Morgan fingerprint density at radius 1 is 1.22 bits per heavy atom. The molecule has 0 fully saturated rings. The minimum atomic E-state index is 0.352. The molecule has 0 aliphatic heterocycles. The summed E-state index contributed by atoms with van der Waals surface area (Å²) in [6.45, 7) is 2.67. The van der Waals surface area contributed by atoms with Crippen molar-refractivity contribution in [2.45, 2.75) is 20.1 Å². The lowest BCUT2D eigenvalue weighted by Gasteiger charge is -2.06. The van der Waals surface area contributed by atoms with Crippen LogP contribution in [0.3, 0.4) is 0 Å². The minimum Gasteiger partial charge on any atom is -0.459 e. The van der Waals surface area contributed by atoms with Gasteiger partial charge in [-0.15, -0.1) is 0 Å². The molecule has 18 heavy (non-hydrogen) atoms.